The number of carbonyl (C=O) groups excluding carboxylic acids is 1. The fraction of sp³-hybridized carbons (Fsp3) is 0.417. The molecular weight excluding hydrogens is 395 g/mol. The molecule has 2 rings (SSSR count). The molecule has 5 heteroatoms. The third-order valence-corrected chi connectivity index (χ3v) is 4.18. The molecule has 1 aliphatic heterocycles. The Kier molecular flexibility index (Phi) is 4.81. The van der Waals surface area contributed by atoms with E-state index < -0.39 is 0 Å². The lowest BCUT2D eigenvalue weighted by molar-refractivity contribution is -0.120. The molecule has 1 atom stereocenters. The van der Waals surface area contributed by atoms with Crippen LogP contribution in [0.25, 0.3) is 0 Å². The topological polar surface area (TPSA) is 41.1 Å². The number of rotatable bonds is 2. The third-order valence-electron chi connectivity index (χ3n) is 2.86. The van der Waals surface area contributed by atoms with Crippen molar-refractivity contribution >= 4 is 50.1 Å². The molecule has 3 nitrogen and oxygen atoms in total. The molecule has 2 N–H and O–H groups in total. The lowest BCUT2D eigenvalue weighted by atomic mass is 9.99. The highest BCUT2D eigenvalue weighted by Crippen LogP contribution is 2.25. The average molecular weight is 409 g/mol. The second-order valence-corrected chi connectivity index (χ2v) is 6.26. The van der Waals surface area contributed by atoms with E-state index in [-0.39, 0.29) is 11.8 Å². The minimum Gasteiger partial charge on any atom is -0.325 e. The number of hydrogen-bond acceptors (Lipinski definition) is 2. The van der Waals surface area contributed by atoms with Crippen molar-refractivity contribution in [2.24, 2.45) is 5.92 Å². The van der Waals surface area contributed by atoms with Crippen LogP contribution in [-0.2, 0) is 4.79 Å². The first-order valence-electron chi connectivity index (χ1n) is 5.63. The van der Waals surface area contributed by atoms with Crippen LogP contribution < -0.4 is 10.6 Å². The predicted octanol–water partition coefficient (Wildman–Crippen LogP) is 2.99. The summed E-state index contributed by atoms with van der Waals surface area (Å²) in [6.45, 7) is 1.81. The summed E-state index contributed by atoms with van der Waals surface area (Å²) >= 11 is 5.71. The maximum absolute atomic E-state index is 12.0. The number of hydrogen-bond donors (Lipinski definition) is 2. The van der Waals surface area contributed by atoms with Crippen LogP contribution in [0.3, 0.4) is 0 Å². The molecule has 1 aliphatic rings. The number of benzene rings is 1. The van der Waals surface area contributed by atoms with Gasteiger partial charge in [-0.15, -0.1) is 0 Å². The predicted molar refractivity (Wildman–Crippen MR) is 81.1 cm³/mol. The van der Waals surface area contributed by atoms with Crippen LogP contribution in [0.1, 0.15) is 12.8 Å². The Bertz CT molecular complexity index is 419. The van der Waals surface area contributed by atoms with E-state index in [0.717, 1.165) is 39.7 Å². The molecule has 92 valence electrons. The Morgan fingerprint density at radius 2 is 2.35 bits per heavy atom. The number of carbonyl (C=O) groups is 1. The highest BCUT2D eigenvalue weighted by Gasteiger charge is 2.21. The van der Waals surface area contributed by atoms with Gasteiger partial charge in [0, 0.05) is 14.6 Å². The second-order valence-electron chi connectivity index (χ2n) is 4.16. The van der Waals surface area contributed by atoms with Gasteiger partial charge in [0.15, 0.2) is 0 Å². The number of anilines is 1. The van der Waals surface area contributed by atoms with E-state index in [9.17, 15) is 4.79 Å². The van der Waals surface area contributed by atoms with Gasteiger partial charge in [-0.2, -0.15) is 0 Å². The molecule has 17 heavy (non-hydrogen) atoms. The first-order chi connectivity index (χ1) is 8.16. The van der Waals surface area contributed by atoms with Crippen LogP contribution >= 0.6 is 38.5 Å². The van der Waals surface area contributed by atoms with Gasteiger partial charge in [-0.1, -0.05) is 0 Å². The lowest BCUT2D eigenvalue weighted by Gasteiger charge is -2.22. The first kappa shape index (κ1) is 13.3. The van der Waals surface area contributed by atoms with Crippen molar-refractivity contribution in [2.75, 3.05) is 18.4 Å². The summed E-state index contributed by atoms with van der Waals surface area (Å²) in [4.78, 5) is 12.0. The summed E-state index contributed by atoms with van der Waals surface area (Å²) in [6.07, 6.45) is 2.05. The van der Waals surface area contributed by atoms with E-state index in [0.29, 0.717) is 0 Å². The van der Waals surface area contributed by atoms with Gasteiger partial charge in [0.1, 0.15) is 0 Å². The van der Waals surface area contributed by atoms with Gasteiger partial charge in [0.25, 0.3) is 0 Å². The van der Waals surface area contributed by atoms with Crippen molar-refractivity contribution in [1.82, 2.24) is 5.32 Å². The van der Waals surface area contributed by atoms with Gasteiger partial charge >= 0.3 is 0 Å². The van der Waals surface area contributed by atoms with Crippen LogP contribution in [0.2, 0.25) is 0 Å². The van der Waals surface area contributed by atoms with Gasteiger partial charge in [-0.05, 0) is 76.1 Å². The Balaban J connectivity index is 2.02. The Morgan fingerprint density at radius 1 is 1.53 bits per heavy atom. The summed E-state index contributed by atoms with van der Waals surface area (Å²) in [7, 11) is 0. The summed E-state index contributed by atoms with van der Waals surface area (Å²) in [5, 5.41) is 6.23. The molecule has 1 aromatic rings. The Labute approximate surface area is 123 Å². The van der Waals surface area contributed by atoms with Crippen LogP contribution in [0.5, 0.6) is 0 Å². The van der Waals surface area contributed by atoms with Gasteiger partial charge < -0.3 is 10.6 Å². The lowest BCUT2D eigenvalue weighted by Crippen LogP contribution is -2.37. The SMILES string of the molecule is O=C(Nc1ccc(I)cc1Br)[C@@H]1CCCNC1. The minimum atomic E-state index is 0.0925. The van der Waals surface area contributed by atoms with Crippen molar-refractivity contribution in [1.29, 1.82) is 0 Å². The van der Waals surface area contributed by atoms with E-state index in [4.69, 9.17) is 0 Å². The quantitative estimate of drug-likeness (QED) is 0.738. The molecule has 0 aromatic heterocycles. The van der Waals surface area contributed by atoms with Gasteiger partial charge in [0.2, 0.25) is 5.91 Å². The molecule has 1 saturated heterocycles. The van der Waals surface area contributed by atoms with Crippen LogP contribution in [-0.4, -0.2) is 19.0 Å². The monoisotopic (exact) mass is 408 g/mol. The van der Waals surface area contributed by atoms with E-state index in [1.807, 2.05) is 18.2 Å². The number of amides is 1. The van der Waals surface area contributed by atoms with E-state index in [2.05, 4.69) is 49.2 Å². The van der Waals surface area contributed by atoms with Crippen molar-refractivity contribution < 1.29 is 4.79 Å². The maximum atomic E-state index is 12.0. The number of nitrogens with one attached hydrogen (secondary N) is 2. The summed E-state index contributed by atoms with van der Waals surface area (Å²) in [6, 6.07) is 5.91. The molecule has 1 heterocycles. The summed E-state index contributed by atoms with van der Waals surface area (Å²) in [5.41, 5.74) is 0.848. The fourth-order valence-corrected chi connectivity index (χ4v) is 3.30. The molecule has 0 saturated carbocycles. The normalized spacial score (nSPS) is 20.0. The van der Waals surface area contributed by atoms with Crippen molar-refractivity contribution in [3.8, 4) is 0 Å². The smallest absolute Gasteiger partial charge is 0.228 e. The van der Waals surface area contributed by atoms with Gasteiger partial charge in [-0.25, -0.2) is 0 Å². The zero-order valence-corrected chi connectivity index (χ0v) is 13.0. The third kappa shape index (κ3) is 3.66. The first-order valence-corrected chi connectivity index (χ1v) is 7.50. The molecule has 0 bridgehead atoms. The van der Waals surface area contributed by atoms with Gasteiger partial charge in [-0.3, -0.25) is 4.79 Å². The van der Waals surface area contributed by atoms with E-state index >= 15 is 0 Å². The zero-order valence-electron chi connectivity index (χ0n) is 9.30. The van der Waals surface area contributed by atoms with E-state index in [1.54, 1.807) is 0 Å². The average Bonchev–Trinajstić information content (AvgIpc) is 2.34. The van der Waals surface area contributed by atoms with Crippen molar-refractivity contribution in [2.45, 2.75) is 12.8 Å². The summed E-state index contributed by atoms with van der Waals surface area (Å²) in [5.74, 6) is 0.203. The molecule has 0 unspecified atom stereocenters. The summed E-state index contributed by atoms with van der Waals surface area (Å²) < 4.78 is 2.08. The molecule has 1 aromatic carbocycles. The van der Waals surface area contributed by atoms with Gasteiger partial charge in [0.05, 0.1) is 11.6 Å². The fourth-order valence-electron chi connectivity index (χ4n) is 1.90. The van der Waals surface area contributed by atoms with E-state index in [1.165, 1.54) is 0 Å². The largest absolute Gasteiger partial charge is 0.325 e. The Hall–Kier alpha value is -0.140. The molecule has 0 radical (unpaired) electrons. The molecule has 0 aliphatic carbocycles. The zero-order chi connectivity index (χ0) is 12.3. The molecule has 1 fully saturated rings. The highest BCUT2D eigenvalue weighted by atomic mass is 127. The highest BCUT2D eigenvalue weighted by molar-refractivity contribution is 14.1. The Morgan fingerprint density at radius 3 is 3.00 bits per heavy atom. The number of piperidine rings is 1. The number of halogens is 2. The maximum Gasteiger partial charge on any atom is 0.228 e. The molecular formula is C12H14BrIN2O. The van der Waals surface area contributed by atoms with Crippen LogP contribution in [0.15, 0.2) is 22.7 Å². The molecule has 0 spiro atoms. The van der Waals surface area contributed by atoms with Crippen LogP contribution in [0, 0.1) is 9.49 Å². The minimum absolute atomic E-state index is 0.0925. The second kappa shape index (κ2) is 6.15. The van der Waals surface area contributed by atoms with Crippen molar-refractivity contribution in [3.05, 3.63) is 26.2 Å². The molecule has 1 amide bonds. The standard InChI is InChI=1S/C12H14BrIN2O/c13-10-6-9(14)3-4-11(10)16-12(17)8-2-1-5-15-7-8/h3-4,6,8,15H,1-2,5,7H2,(H,16,17)/t8-/m1/s1. The van der Waals surface area contributed by atoms with Crippen molar-refractivity contribution in [3.63, 3.8) is 0 Å². The van der Waals surface area contributed by atoms with Crippen LogP contribution in [0.4, 0.5) is 5.69 Å².